The first-order valence-corrected chi connectivity index (χ1v) is 9.65. The van der Waals surface area contributed by atoms with Crippen LogP contribution in [0.1, 0.15) is 30.0 Å². The molecule has 0 bridgehead atoms. The summed E-state index contributed by atoms with van der Waals surface area (Å²) in [6, 6.07) is 13.1. The van der Waals surface area contributed by atoms with Gasteiger partial charge in [0.1, 0.15) is 19.3 Å². The molecule has 0 aromatic heterocycles. The van der Waals surface area contributed by atoms with E-state index in [1.807, 2.05) is 18.2 Å². The maximum atomic E-state index is 12.5. The minimum Gasteiger partial charge on any atom is -0.486 e. The number of amides is 1. The monoisotopic (exact) mass is 397 g/mol. The minimum absolute atomic E-state index is 0.106. The van der Waals surface area contributed by atoms with Crippen LogP contribution in [-0.2, 0) is 4.79 Å². The second-order valence-corrected chi connectivity index (χ2v) is 7.29. The van der Waals surface area contributed by atoms with Crippen LogP contribution in [0.2, 0.25) is 5.02 Å². The standard InChI is InChI=1S/C21H20ClN3O3/c22-17-11-16(5-3-15(17)12-23)24-21(26)13-25-7-1-2-18(25)14-4-6-19-20(10-14)28-9-8-27-19/h3-6,10-11,18H,1-2,7-9,13H2,(H,24,26)/t18-/m1/s1. The molecule has 144 valence electrons. The fraction of sp³-hybridized carbons (Fsp3) is 0.333. The van der Waals surface area contributed by atoms with Gasteiger partial charge < -0.3 is 14.8 Å². The molecule has 2 aliphatic heterocycles. The van der Waals surface area contributed by atoms with Crippen LogP contribution < -0.4 is 14.8 Å². The number of likely N-dealkylation sites (tertiary alicyclic amines) is 1. The van der Waals surface area contributed by atoms with Crippen molar-refractivity contribution in [2.75, 3.05) is 31.6 Å². The van der Waals surface area contributed by atoms with Crippen molar-refractivity contribution in [3.63, 3.8) is 0 Å². The van der Waals surface area contributed by atoms with Gasteiger partial charge in [-0.3, -0.25) is 9.69 Å². The quantitative estimate of drug-likeness (QED) is 0.850. The second kappa shape index (κ2) is 8.09. The first-order chi connectivity index (χ1) is 13.6. The fourth-order valence-electron chi connectivity index (χ4n) is 3.73. The molecule has 2 heterocycles. The maximum Gasteiger partial charge on any atom is 0.238 e. The lowest BCUT2D eigenvalue weighted by Crippen LogP contribution is -2.33. The normalized spacial score (nSPS) is 18.5. The lowest BCUT2D eigenvalue weighted by atomic mass is 10.0. The number of hydrogen-bond acceptors (Lipinski definition) is 5. The largest absolute Gasteiger partial charge is 0.486 e. The van der Waals surface area contributed by atoms with Crippen molar-refractivity contribution in [3.8, 4) is 17.6 Å². The van der Waals surface area contributed by atoms with Crippen molar-refractivity contribution in [1.29, 1.82) is 5.26 Å². The summed E-state index contributed by atoms with van der Waals surface area (Å²) in [5.74, 6) is 1.44. The molecule has 7 heteroatoms. The molecule has 0 saturated carbocycles. The molecule has 28 heavy (non-hydrogen) atoms. The summed E-state index contributed by atoms with van der Waals surface area (Å²) in [7, 11) is 0. The lowest BCUT2D eigenvalue weighted by molar-refractivity contribution is -0.117. The van der Waals surface area contributed by atoms with E-state index in [9.17, 15) is 4.79 Å². The zero-order valence-electron chi connectivity index (χ0n) is 15.3. The van der Waals surface area contributed by atoms with Crippen molar-refractivity contribution in [2.45, 2.75) is 18.9 Å². The lowest BCUT2D eigenvalue weighted by Gasteiger charge is -2.26. The summed E-state index contributed by atoms with van der Waals surface area (Å²) in [5.41, 5.74) is 2.11. The van der Waals surface area contributed by atoms with Gasteiger partial charge in [0, 0.05) is 11.7 Å². The zero-order valence-corrected chi connectivity index (χ0v) is 16.0. The summed E-state index contributed by atoms with van der Waals surface area (Å²) in [6.45, 7) is 2.28. The number of anilines is 1. The first kappa shape index (κ1) is 18.6. The van der Waals surface area contributed by atoms with Crippen LogP contribution in [0.15, 0.2) is 36.4 Å². The molecular weight excluding hydrogens is 378 g/mol. The topological polar surface area (TPSA) is 74.6 Å². The number of halogens is 1. The number of nitrogens with zero attached hydrogens (tertiary/aromatic N) is 2. The van der Waals surface area contributed by atoms with Crippen LogP contribution in [0.4, 0.5) is 5.69 Å². The number of rotatable bonds is 4. The molecule has 6 nitrogen and oxygen atoms in total. The Balaban J connectivity index is 1.43. The van der Waals surface area contributed by atoms with E-state index < -0.39 is 0 Å². The van der Waals surface area contributed by atoms with Gasteiger partial charge in [-0.15, -0.1) is 0 Å². The first-order valence-electron chi connectivity index (χ1n) is 9.27. The van der Waals surface area contributed by atoms with Gasteiger partial charge in [0.15, 0.2) is 11.5 Å². The Labute approximate surface area is 168 Å². The van der Waals surface area contributed by atoms with Gasteiger partial charge in [-0.05, 0) is 55.3 Å². The van der Waals surface area contributed by atoms with E-state index in [-0.39, 0.29) is 18.5 Å². The van der Waals surface area contributed by atoms with Crippen LogP contribution in [0.5, 0.6) is 11.5 Å². The van der Waals surface area contributed by atoms with E-state index in [1.54, 1.807) is 18.2 Å². The van der Waals surface area contributed by atoms with Gasteiger partial charge in [0.05, 0.1) is 17.1 Å². The van der Waals surface area contributed by atoms with Crippen molar-refractivity contribution in [3.05, 3.63) is 52.5 Å². The highest BCUT2D eigenvalue weighted by atomic mass is 35.5. The van der Waals surface area contributed by atoms with Crippen molar-refractivity contribution in [1.82, 2.24) is 4.90 Å². The zero-order chi connectivity index (χ0) is 19.5. The van der Waals surface area contributed by atoms with Gasteiger partial charge in [0.25, 0.3) is 0 Å². The third kappa shape index (κ3) is 3.91. The Bertz CT molecular complexity index is 941. The molecule has 0 unspecified atom stereocenters. The van der Waals surface area contributed by atoms with E-state index in [2.05, 4.69) is 16.3 Å². The Kier molecular flexibility index (Phi) is 5.38. The molecule has 2 aromatic rings. The maximum absolute atomic E-state index is 12.5. The number of carbonyl (C=O) groups is 1. The highest BCUT2D eigenvalue weighted by Gasteiger charge is 2.28. The van der Waals surface area contributed by atoms with Gasteiger partial charge in [0.2, 0.25) is 5.91 Å². The molecule has 2 aliphatic rings. The molecule has 1 amide bonds. The van der Waals surface area contributed by atoms with Crippen molar-refractivity contribution >= 4 is 23.2 Å². The highest BCUT2D eigenvalue weighted by Crippen LogP contribution is 2.37. The van der Waals surface area contributed by atoms with E-state index >= 15 is 0 Å². The minimum atomic E-state index is -0.106. The Morgan fingerprint density at radius 1 is 1.21 bits per heavy atom. The Hall–Kier alpha value is -2.75. The molecule has 1 fully saturated rings. The third-order valence-corrected chi connectivity index (χ3v) is 5.35. The average Bonchev–Trinajstić information content (AvgIpc) is 3.15. The molecule has 1 N–H and O–H groups in total. The van der Waals surface area contributed by atoms with Crippen LogP contribution in [0.3, 0.4) is 0 Å². The van der Waals surface area contributed by atoms with Gasteiger partial charge >= 0.3 is 0 Å². The van der Waals surface area contributed by atoms with Gasteiger partial charge in [-0.1, -0.05) is 17.7 Å². The number of carbonyl (C=O) groups excluding carboxylic acids is 1. The number of ether oxygens (including phenoxy) is 2. The van der Waals surface area contributed by atoms with E-state index in [0.717, 1.165) is 36.4 Å². The summed E-state index contributed by atoms with van der Waals surface area (Å²) in [6.07, 6.45) is 2.03. The fourth-order valence-corrected chi connectivity index (χ4v) is 3.95. The van der Waals surface area contributed by atoms with Crippen LogP contribution in [0, 0.1) is 11.3 Å². The number of nitriles is 1. The molecule has 1 saturated heterocycles. The molecule has 4 rings (SSSR count). The SMILES string of the molecule is N#Cc1ccc(NC(=O)CN2CCC[C@@H]2c2ccc3c(c2)OCCO3)cc1Cl. The van der Waals surface area contributed by atoms with Crippen LogP contribution in [-0.4, -0.2) is 37.1 Å². The van der Waals surface area contributed by atoms with Gasteiger partial charge in [-0.25, -0.2) is 0 Å². The highest BCUT2D eigenvalue weighted by molar-refractivity contribution is 6.32. The average molecular weight is 398 g/mol. The smallest absolute Gasteiger partial charge is 0.238 e. The summed E-state index contributed by atoms with van der Waals surface area (Å²) in [5, 5.41) is 12.1. The predicted molar refractivity (Wildman–Crippen MR) is 106 cm³/mol. The van der Waals surface area contributed by atoms with Crippen molar-refractivity contribution in [2.24, 2.45) is 0 Å². The Morgan fingerprint density at radius 3 is 2.82 bits per heavy atom. The number of benzene rings is 2. The Morgan fingerprint density at radius 2 is 2.04 bits per heavy atom. The molecule has 0 spiro atoms. The van der Waals surface area contributed by atoms with Crippen molar-refractivity contribution < 1.29 is 14.3 Å². The summed E-state index contributed by atoms with van der Waals surface area (Å²) < 4.78 is 11.3. The summed E-state index contributed by atoms with van der Waals surface area (Å²) in [4.78, 5) is 14.7. The van der Waals surface area contributed by atoms with Crippen LogP contribution >= 0.6 is 11.6 Å². The third-order valence-electron chi connectivity index (χ3n) is 5.03. The molecule has 2 aromatic carbocycles. The number of fused-ring (bicyclic) bond motifs is 1. The predicted octanol–water partition coefficient (Wildman–Crippen LogP) is 3.76. The van der Waals surface area contributed by atoms with Gasteiger partial charge in [-0.2, -0.15) is 5.26 Å². The van der Waals surface area contributed by atoms with E-state index in [1.165, 1.54) is 0 Å². The number of hydrogen-bond donors (Lipinski definition) is 1. The van der Waals surface area contributed by atoms with E-state index in [4.69, 9.17) is 26.3 Å². The molecule has 1 atom stereocenters. The second-order valence-electron chi connectivity index (χ2n) is 6.89. The number of nitrogens with one attached hydrogen (secondary N) is 1. The summed E-state index contributed by atoms with van der Waals surface area (Å²) >= 11 is 6.04. The molecular formula is C21H20ClN3O3. The molecule has 0 radical (unpaired) electrons. The molecule has 0 aliphatic carbocycles. The van der Waals surface area contributed by atoms with E-state index in [0.29, 0.717) is 29.5 Å². The van der Waals surface area contributed by atoms with Crippen LogP contribution in [0.25, 0.3) is 0 Å².